The molecule has 3 nitrogen and oxygen atoms in total. The van der Waals surface area contributed by atoms with E-state index in [1.165, 1.54) is 38.5 Å². The Labute approximate surface area is 184 Å². The van der Waals surface area contributed by atoms with Crippen LogP contribution in [0.3, 0.4) is 0 Å². The summed E-state index contributed by atoms with van der Waals surface area (Å²) in [6, 6.07) is 0. The first kappa shape index (κ1) is 23.8. The number of ketones is 1. The molecule has 0 amide bonds. The van der Waals surface area contributed by atoms with Crippen molar-refractivity contribution in [2.24, 2.45) is 52.3 Å². The second kappa shape index (κ2) is 8.94. The van der Waals surface area contributed by atoms with E-state index in [0.29, 0.717) is 47.7 Å². The lowest BCUT2D eigenvalue weighted by Crippen LogP contribution is -2.55. The maximum absolute atomic E-state index is 13.1. The number of hydrogen-bond acceptors (Lipinski definition) is 2. The van der Waals surface area contributed by atoms with Crippen LogP contribution in [0.5, 0.6) is 0 Å². The van der Waals surface area contributed by atoms with Crippen LogP contribution in [0.25, 0.3) is 0 Å². The Morgan fingerprint density at radius 3 is 2.43 bits per heavy atom. The highest BCUT2D eigenvalue weighted by molar-refractivity contribution is 5.86. The lowest BCUT2D eigenvalue weighted by Gasteiger charge is -2.58. The minimum atomic E-state index is -0.768. The molecular weight excluding hydrogens is 372 g/mol. The van der Waals surface area contributed by atoms with Crippen molar-refractivity contribution in [1.29, 1.82) is 0 Å². The monoisotopic (exact) mass is 418 g/mol. The molecule has 5 unspecified atom stereocenters. The van der Waals surface area contributed by atoms with E-state index in [-0.39, 0.29) is 6.42 Å². The van der Waals surface area contributed by atoms with Crippen molar-refractivity contribution in [2.75, 3.05) is 0 Å². The van der Waals surface area contributed by atoms with Crippen LogP contribution in [0, 0.1) is 52.3 Å². The van der Waals surface area contributed by atoms with Crippen LogP contribution in [-0.2, 0) is 9.59 Å². The standard InChI is InChI=1S/C27H46O3/c1-17(2)8-7-9-18(3)20-10-11-21-25-19(4)16-23(28)27(6,15-13-24(29)30)22(25)12-14-26(20,21)5/h17-22,25H,7-16H2,1-6H3,(H,29,30)/t18?,19-,20?,21?,22?,25?,26+,27+/m0/s1. The number of rotatable bonds is 8. The lowest BCUT2D eigenvalue weighted by atomic mass is 9.45. The molecule has 0 bridgehead atoms. The normalized spacial score (nSPS) is 42.1. The number of Topliss-reactive ketones (excluding diaryl/α,β-unsaturated/α-hetero) is 1. The molecule has 0 saturated heterocycles. The maximum atomic E-state index is 13.1. The summed E-state index contributed by atoms with van der Waals surface area (Å²) in [4.78, 5) is 24.4. The van der Waals surface area contributed by atoms with Gasteiger partial charge in [-0.1, -0.05) is 60.8 Å². The molecule has 3 fully saturated rings. The van der Waals surface area contributed by atoms with Crippen molar-refractivity contribution in [3.8, 4) is 0 Å². The summed E-state index contributed by atoms with van der Waals surface area (Å²) in [6.45, 7) is 14.1. The molecule has 172 valence electrons. The fourth-order valence-electron chi connectivity index (χ4n) is 8.32. The molecule has 3 heteroatoms. The summed E-state index contributed by atoms with van der Waals surface area (Å²) in [5.41, 5.74) is -0.0291. The van der Waals surface area contributed by atoms with Crippen molar-refractivity contribution in [1.82, 2.24) is 0 Å². The lowest BCUT2D eigenvalue weighted by molar-refractivity contribution is -0.154. The van der Waals surface area contributed by atoms with Gasteiger partial charge in [-0.25, -0.2) is 0 Å². The molecule has 3 aliphatic carbocycles. The molecule has 3 rings (SSSR count). The maximum Gasteiger partial charge on any atom is 0.303 e. The molecule has 0 radical (unpaired) electrons. The SMILES string of the molecule is CC(C)CCCC(C)C1CCC2C3C(CC[C@]12C)[C@@](C)(CCC(=O)O)C(=O)C[C@@H]3C. The predicted molar refractivity (Wildman–Crippen MR) is 122 cm³/mol. The van der Waals surface area contributed by atoms with Crippen molar-refractivity contribution in [3.05, 3.63) is 0 Å². The Kier molecular flexibility index (Phi) is 7.09. The van der Waals surface area contributed by atoms with Gasteiger partial charge in [0.25, 0.3) is 0 Å². The predicted octanol–water partition coefficient (Wildman–Crippen LogP) is 6.99. The molecule has 3 saturated carbocycles. The van der Waals surface area contributed by atoms with Gasteiger partial charge < -0.3 is 5.11 Å². The third-order valence-corrected chi connectivity index (χ3v) is 10.0. The van der Waals surface area contributed by atoms with Gasteiger partial charge in [-0.15, -0.1) is 0 Å². The summed E-state index contributed by atoms with van der Waals surface area (Å²) in [5.74, 6) is 4.08. The van der Waals surface area contributed by atoms with Gasteiger partial charge in [0, 0.05) is 18.3 Å². The van der Waals surface area contributed by atoms with Gasteiger partial charge in [-0.05, 0) is 78.9 Å². The first-order valence-electron chi connectivity index (χ1n) is 12.8. The van der Waals surface area contributed by atoms with Crippen LogP contribution < -0.4 is 0 Å². The molecule has 0 aromatic carbocycles. The summed E-state index contributed by atoms with van der Waals surface area (Å²) >= 11 is 0. The topological polar surface area (TPSA) is 54.4 Å². The first-order chi connectivity index (χ1) is 14.0. The van der Waals surface area contributed by atoms with E-state index in [1.807, 2.05) is 0 Å². The van der Waals surface area contributed by atoms with E-state index in [1.54, 1.807) is 0 Å². The van der Waals surface area contributed by atoms with Crippen LogP contribution in [0.2, 0.25) is 0 Å². The summed E-state index contributed by atoms with van der Waals surface area (Å²) < 4.78 is 0. The zero-order chi connectivity index (χ0) is 22.3. The van der Waals surface area contributed by atoms with Gasteiger partial charge in [0.2, 0.25) is 0 Å². The Morgan fingerprint density at radius 1 is 1.10 bits per heavy atom. The third kappa shape index (κ3) is 4.24. The molecule has 8 atom stereocenters. The van der Waals surface area contributed by atoms with E-state index in [4.69, 9.17) is 0 Å². The van der Waals surface area contributed by atoms with Gasteiger partial charge >= 0.3 is 5.97 Å². The van der Waals surface area contributed by atoms with Gasteiger partial charge in [-0.2, -0.15) is 0 Å². The van der Waals surface area contributed by atoms with Crippen molar-refractivity contribution >= 4 is 11.8 Å². The molecule has 0 aromatic heterocycles. The Hall–Kier alpha value is -0.860. The van der Waals surface area contributed by atoms with E-state index in [9.17, 15) is 14.7 Å². The fourth-order valence-corrected chi connectivity index (χ4v) is 8.32. The van der Waals surface area contributed by atoms with Crippen molar-refractivity contribution < 1.29 is 14.7 Å². The number of fused-ring (bicyclic) bond motifs is 3. The molecule has 0 heterocycles. The molecule has 1 N–H and O–H groups in total. The highest BCUT2D eigenvalue weighted by Crippen LogP contribution is 2.66. The number of aliphatic carboxylic acids is 1. The average molecular weight is 419 g/mol. The van der Waals surface area contributed by atoms with Gasteiger partial charge in [-0.3, -0.25) is 9.59 Å². The van der Waals surface area contributed by atoms with Gasteiger partial charge in [0.05, 0.1) is 0 Å². The van der Waals surface area contributed by atoms with Crippen molar-refractivity contribution in [2.45, 2.75) is 106 Å². The number of carbonyl (C=O) groups is 2. The zero-order valence-corrected chi connectivity index (χ0v) is 20.4. The van der Waals surface area contributed by atoms with Crippen LogP contribution in [0.1, 0.15) is 106 Å². The highest BCUT2D eigenvalue weighted by atomic mass is 16.4. The quantitative estimate of drug-likeness (QED) is 0.462. The van der Waals surface area contributed by atoms with Crippen LogP contribution in [-0.4, -0.2) is 16.9 Å². The first-order valence-corrected chi connectivity index (χ1v) is 12.8. The van der Waals surface area contributed by atoms with Crippen molar-refractivity contribution in [3.63, 3.8) is 0 Å². The molecule has 0 aliphatic heterocycles. The average Bonchev–Trinajstić information content (AvgIpc) is 3.01. The minimum absolute atomic E-state index is 0.122. The van der Waals surface area contributed by atoms with E-state index >= 15 is 0 Å². The van der Waals surface area contributed by atoms with E-state index in [2.05, 4.69) is 41.5 Å². The van der Waals surface area contributed by atoms with Gasteiger partial charge in [0.15, 0.2) is 0 Å². The molecule has 0 aromatic rings. The second-order valence-electron chi connectivity index (χ2n) is 12.2. The minimum Gasteiger partial charge on any atom is -0.481 e. The van der Waals surface area contributed by atoms with Crippen LogP contribution in [0.15, 0.2) is 0 Å². The van der Waals surface area contributed by atoms with Crippen LogP contribution in [0.4, 0.5) is 0 Å². The zero-order valence-electron chi connectivity index (χ0n) is 20.4. The Morgan fingerprint density at radius 2 is 1.80 bits per heavy atom. The molecular formula is C27H46O3. The Balaban J connectivity index is 1.78. The molecule has 0 spiro atoms. The molecule has 3 aliphatic rings. The highest BCUT2D eigenvalue weighted by Gasteiger charge is 2.61. The second-order valence-corrected chi connectivity index (χ2v) is 12.2. The van der Waals surface area contributed by atoms with E-state index in [0.717, 1.165) is 24.2 Å². The van der Waals surface area contributed by atoms with Gasteiger partial charge in [0.1, 0.15) is 5.78 Å². The Bertz CT molecular complexity index is 640. The smallest absolute Gasteiger partial charge is 0.303 e. The molecule has 30 heavy (non-hydrogen) atoms. The number of carbonyl (C=O) groups excluding carboxylic acids is 1. The largest absolute Gasteiger partial charge is 0.481 e. The number of carboxylic acid groups (broad SMARTS) is 1. The fraction of sp³-hybridized carbons (Fsp3) is 0.926. The van der Waals surface area contributed by atoms with E-state index < -0.39 is 11.4 Å². The van der Waals surface area contributed by atoms with Crippen LogP contribution >= 0.6 is 0 Å². The summed E-state index contributed by atoms with van der Waals surface area (Å²) in [7, 11) is 0. The summed E-state index contributed by atoms with van der Waals surface area (Å²) in [5, 5.41) is 9.27. The number of carboxylic acids is 1. The number of hydrogen-bond donors (Lipinski definition) is 1. The summed E-state index contributed by atoms with van der Waals surface area (Å²) in [6.07, 6.45) is 10.3. The third-order valence-electron chi connectivity index (χ3n) is 10.0.